The second kappa shape index (κ2) is 12.3. The lowest BCUT2D eigenvalue weighted by Crippen LogP contribution is -2.34. The van der Waals surface area contributed by atoms with Crippen molar-refractivity contribution in [3.63, 3.8) is 0 Å². The maximum atomic E-state index is 12.9. The van der Waals surface area contributed by atoms with Crippen LogP contribution in [-0.4, -0.2) is 55.7 Å². The van der Waals surface area contributed by atoms with Gasteiger partial charge in [-0.3, -0.25) is 4.79 Å². The van der Waals surface area contributed by atoms with E-state index >= 15 is 0 Å². The van der Waals surface area contributed by atoms with Gasteiger partial charge in [-0.15, -0.1) is 0 Å². The minimum atomic E-state index is -2.77. The Balaban J connectivity index is 1.65. The molecule has 2 aromatic carbocycles. The Bertz CT molecular complexity index is 883. The number of ether oxygens (including phenoxy) is 2. The number of alkyl halides is 2. The van der Waals surface area contributed by atoms with Gasteiger partial charge in [0, 0.05) is 24.9 Å². The van der Waals surface area contributed by atoms with Gasteiger partial charge in [0.2, 0.25) is 0 Å². The lowest BCUT2D eigenvalue weighted by molar-refractivity contribution is -0.131. The molecule has 1 unspecified atom stereocenters. The molecule has 9 heteroatoms. The van der Waals surface area contributed by atoms with Crippen LogP contribution >= 0.6 is 0 Å². The quantitative estimate of drug-likeness (QED) is 0.490. The van der Waals surface area contributed by atoms with Crippen molar-refractivity contribution in [1.82, 2.24) is 5.32 Å². The third kappa shape index (κ3) is 6.89. The Kier molecular flexibility index (Phi) is 9.49. The molecule has 1 heterocycles. The summed E-state index contributed by atoms with van der Waals surface area (Å²) in [7, 11) is 1.57. The molecule has 2 aromatic rings. The molecule has 0 radical (unpaired) electrons. The molecule has 1 aliphatic rings. The first kappa shape index (κ1) is 25.4. The summed E-state index contributed by atoms with van der Waals surface area (Å²) in [5.74, 6) is 0.300. The average Bonchev–Trinajstić information content (AvgIpc) is 3.31. The number of nitrogens with zero attached hydrogens (tertiary/aromatic N) is 1. The molecule has 0 spiro atoms. The molecule has 1 N–H and O–H groups in total. The van der Waals surface area contributed by atoms with Gasteiger partial charge < -0.3 is 24.2 Å². The molecule has 1 aliphatic heterocycles. The van der Waals surface area contributed by atoms with Gasteiger partial charge in [0.15, 0.2) is 4.90 Å². The fourth-order valence-corrected chi connectivity index (χ4v) is 4.76. The van der Waals surface area contributed by atoms with Crippen LogP contribution in [0.4, 0.5) is 14.5 Å². The topological polar surface area (TPSA) is 73.9 Å². The van der Waals surface area contributed by atoms with Crippen molar-refractivity contribution in [2.24, 2.45) is 0 Å². The van der Waals surface area contributed by atoms with Gasteiger partial charge in [-0.05, 0) is 72.9 Å². The van der Waals surface area contributed by atoms with Gasteiger partial charge in [0.1, 0.15) is 5.75 Å². The molecule has 3 rings (SSSR count). The SMILES string of the molecule is CC[S+]([O-])c1ccc([C@H](COC)NC(=O)c2ccc(N3CCC[C@H]3COC(F)F)cc2)cc1. The monoisotopic (exact) mass is 480 g/mol. The maximum absolute atomic E-state index is 12.9. The molecule has 0 saturated carbocycles. The summed E-state index contributed by atoms with van der Waals surface area (Å²) in [5, 5.41) is 2.99. The summed E-state index contributed by atoms with van der Waals surface area (Å²) in [6.45, 7) is 0.119. The first-order valence-electron chi connectivity index (χ1n) is 11.0. The number of carbonyl (C=O) groups is 1. The van der Waals surface area contributed by atoms with E-state index in [2.05, 4.69) is 10.1 Å². The number of benzene rings is 2. The second-order valence-electron chi connectivity index (χ2n) is 7.81. The van der Waals surface area contributed by atoms with E-state index in [0.29, 0.717) is 17.9 Å². The van der Waals surface area contributed by atoms with Crippen LogP contribution in [-0.2, 0) is 20.6 Å². The van der Waals surface area contributed by atoms with E-state index < -0.39 is 17.8 Å². The van der Waals surface area contributed by atoms with Crippen LogP contribution in [0.25, 0.3) is 0 Å². The van der Waals surface area contributed by atoms with Crippen LogP contribution in [0.1, 0.15) is 41.7 Å². The van der Waals surface area contributed by atoms with Crippen molar-refractivity contribution in [1.29, 1.82) is 0 Å². The molecular weight excluding hydrogens is 450 g/mol. The first-order chi connectivity index (χ1) is 15.9. The van der Waals surface area contributed by atoms with Gasteiger partial charge in [-0.2, -0.15) is 8.78 Å². The van der Waals surface area contributed by atoms with E-state index in [1.54, 1.807) is 19.2 Å². The minimum Gasteiger partial charge on any atom is -0.611 e. The Labute approximate surface area is 196 Å². The molecule has 6 nitrogen and oxygen atoms in total. The molecule has 0 bridgehead atoms. The maximum Gasteiger partial charge on any atom is 0.345 e. The predicted molar refractivity (Wildman–Crippen MR) is 124 cm³/mol. The number of carbonyl (C=O) groups excluding carboxylic acids is 1. The van der Waals surface area contributed by atoms with Gasteiger partial charge >= 0.3 is 6.61 Å². The van der Waals surface area contributed by atoms with E-state index in [4.69, 9.17) is 4.74 Å². The molecule has 180 valence electrons. The van der Waals surface area contributed by atoms with Gasteiger partial charge in [0.05, 0.1) is 25.3 Å². The van der Waals surface area contributed by atoms with E-state index in [1.807, 2.05) is 48.2 Å². The molecule has 0 aliphatic carbocycles. The zero-order valence-electron chi connectivity index (χ0n) is 18.8. The molecule has 1 saturated heterocycles. The Morgan fingerprint density at radius 2 is 1.91 bits per heavy atom. The summed E-state index contributed by atoms with van der Waals surface area (Å²) < 4.78 is 46.6. The van der Waals surface area contributed by atoms with Crippen molar-refractivity contribution in [3.05, 3.63) is 59.7 Å². The lowest BCUT2D eigenvalue weighted by atomic mass is 10.1. The molecule has 3 atom stereocenters. The van der Waals surface area contributed by atoms with Crippen LogP contribution in [0.15, 0.2) is 53.4 Å². The summed E-state index contributed by atoms with van der Waals surface area (Å²) in [4.78, 5) is 15.7. The number of methoxy groups -OCH3 is 1. The van der Waals surface area contributed by atoms with Crippen LogP contribution in [0.3, 0.4) is 0 Å². The Morgan fingerprint density at radius 3 is 2.52 bits per heavy atom. The van der Waals surface area contributed by atoms with Gasteiger partial charge in [-0.25, -0.2) is 0 Å². The fourth-order valence-electron chi connectivity index (χ4n) is 3.99. The van der Waals surface area contributed by atoms with Crippen molar-refractivity contribution in [2.45, 2.75) is 43.4 Å². The van der Waals surface area contributed by atoms with Crippen molar-refractivity contribution in [3.8, 4) is 0 Å². The van der Waals surface area contributed by atoms with E-state index in [-0.39, 0.29) is 24.6 Å². The summed E-state index contributed by atoms with van der Waals surface area (Å²) >= 11 is -1.03. The van der Waals surface area contributed by atoms with Crippen LogP contribution in [0, 0.1) is 0 Å². The minimum absolute atomic E-state index is 0.0246. The van der Waals surface area contributed by atoms with Crippen LogP contribution in [0.5, 0.6) is 0 Å². The fraction of sp³-hybridized carbons (Fsp3) is 0.458. The number of hydrogen-bond acceptors (Lipinski definition) is 5. The molecule has 0 aromatic heterocycles. The highest BCUT2D eigenvalue weighted by Gasteiger charge is 2.26. The highest BCUT2D eigenvalue weighted by atomic mass is 32.2. The number of rotatable bonds is 11. The molecule has 1 amide bonds. The van der Waals surface area contributed by atoms with Gasteiger partial charge in [0.25, 0.3) is 5.91 Å². The van der Waals surface area contributed by atoms with Gasteiger partial charge in [-0.1, -0.05) is 12.1 Å². The normalized spacial score (nSPS) is 17.9. The first-order valence-corrected chi connectivity index (χ1v) is 12.3. The number of hydrogen-bond donors (Lipinski definition) is 1. The highest BCUT2D eigenvalue weighted by Crippen LogP contribution is 2.27. The number of halogens is 2. The molecular formula is C24H30F2N2O4S. The number of amides is 1. The zero-order chi connectivity index (χ0) is 23.8. The molecule has 33 heavy (non-hydrogen) atoms. The zero-order valence-corrected chi connectivity index (χ0v) is 19.7. The Hall–Kier alpha value is -2.20. The van der Waals surface area contributed by atoms with E-state index in [0.717, 1.165) is 35.5 Å². The summed E-state index contributed by atoms with van der Waals surface area (Å²) in [6, 6.07) is 14.0. The van der Waals surface area contributed by atoms with Crippen molar-refractivity contribution < 1.29 is 27.6 Å². The van der Waals surface area contributed by atoms with Crippen LogP contribution < -0.4 is 10.2 Å². The highest BCUT2D eigenvalue weighted by molar-refractivity contribution is 7.91. The van der Waals surface area contributed by atoms with Crippen molar-refractivity contribution >= 4 is 22.8 Å². The summed E-state index contributed by atoms with van der Waals surface area (Å²) in [6.07, 6.45) is 1.70. The average molecular weight is 481 g/mol. The standard InChI is InChI=1S/C24H30F2N2O4S/c1-3-33(30)21-12-8-17(9-13-21)22(16-31-2)27-23(29)18-6-10-19(11-7-18)28-14-4-5-20(28)15-32-24(25)26/h6-13,20,22,24H,3-5,14-16H2,1-2H3,(H,27,29)/t20-,22-,33?/m0/s1. The Morgan fingerprint density at radius 1 is 1.21 bits per heavy atom. The van der Waals surface area contributed by atoms with E-state index in [9.17, 15) is 18.1 Å². The second-order valence-corrected chi connectivity index (χ2v) is 9.55. The van der Waals surface area contributed by atoms with Crippen LogP contribution in [0.2, 0.25) is 0 Å². The number of anilines is 1. The third-order valence-electron chi connectivity index (χ3n) is 5.70. The summed E-state index contributed by atoms with van der Waals surface area (Å²) in [5.41, 5.74) is 2.22. The smallest absolute Gasteiger partial charge is 0.345 e. The lowest BCUT2D eigenvalue weighted by Gasteiger charge is -2.26. The number of nitrogens with one attached hydrogen (secondary N) is 1. The molecule has 1 fully saturated rings. The largest absolute Gasteiger partial charge is 0.611 e. The van der Waals surface area contributed by atoms with Crippen molar-refractivity contribution in [2.75, 3.05) is 37.5 Å². The third-order valence-corrected chi connectivity index (χ3v) is 7.02. The van der Waals surface area contributed by atoms with E-state index in [1.165, 1.54) is 0 Å². The predicted octanol–water partition coefficient (Wildman–Crippen LogP) is 4.14.